The molecule has 0 bridgehead atoms. The van der Waals surface area contributed by atoms with Crippen LogP contribution in [-0.2, 0) is 0 Å². The fourth-order valence-electron chi connectivity index (χ4n) is 2.24. The Balaban J connectivity index is 2.13. The van der Waals surface area contributed by atoms with Gasteiger partial charge in [-0.25, -0.2) is 4.98 Å². The third-order valence-electron chi connectivity index (χ3n) is 3.41. The number of amides is 1. The second kappa shape index (κ2) is 6.02. The molecule has 1 heterocycles. The van der Waals surface area contributed by atoms with Crippen molar-refractivity contribution in [2.45, 2.75) is 45.6 Å². The maximum atomic E-state index is 12.6. The number of rotatable bonds is 5. The summed E-state index contributed by atoms with van der Waals surface area (Å²) in [5.41, 5.74) is 0.859. The predicted octanol–water partition coefficient (Wildman–Crippen LogP) is 3.38. The minimum atomic E-state index is 0.146. The van der Waals surface area contributed by atoms with Crippen LogP contribution in [0.25, 0.3) is 0 Å². The predicted molar refractivity (Wildman–Crippen MR) is 75.6 cm³/mol. The first-order valence-corrected chi connectivity index (χ1v) is 7.79. The Morgan fingerprint density at radius 3 is 2.67 bits per heavy atom. The Labute approximate surface area is 117 Å². The molecule has 0 spiro atoms. The topological polar surface area (TPSA) is 33.2 Å². The van der Waals surface area contributed by atoms with Crippen LogP contribution in [0.5, 0.6) is 0 Å². The highest BCUT2D eigenvalue weighted by Gasteiger charge is 2.30. The van der Waals surface area contributed by atoms with E-state index in [1.54, 1.807) is 0 Å². The first kappa shape index (κ1) is 13.8. The molecular formula is C13H19ClN2OS. The molecule has 1 aromatic rings. The van der Waals surface area contributed by atoms with E-state index in [4.69, 9.17) is 11.6 Å². The maximum absolute atomic E-state index is 12.6. The number of carbonyl (C=O) groups is 1. The first-order valence-electron chi connectivity index (χ1n) is 6.44. The van der Waals surface area contributed by atoms with Gasteiger partial charge in [0.25, 0.3) is 5.91 Å². The van der Waals surface area contributed by atoms with Crippen molar-refractivity contribution in [1.82, 2.24) is 9.88 Å². The van der Waals surface area contributed by atoms with Gasteiger partial charge in [-0.05, 0) is 39.5 Å². The van der Waals surface area contributed by atoms with E-state index < -0.39 is 0 Å². The third kappa shape index (κ3) is 2.86. The summed E-state index contributed by atoms with van der Waals surface area (Å²) < 4.78 is 0. The Hall–Kier alpha value is -0.610. The van der Waals surface area contributed by atoms with Gasteiger partial charge in [0.15, 0.2) is 0 Å². The number of hydrogen-bond acceptors (Lipinski definition) is 3. The van der Waals surface area contributed by atoms with E-state index in [0.29, 0.717) is 11.9 Å². The molecule has 1 aromatic heterocycles. The van der Waals surface area contributed by atoms with Crippen LogP contribution in [0.4, 0.5) is 0 Å². The number of thiazole rings is 1. The highest BCUT2D eigenvalue weighted by molar-refractivity contribution is 7.13. The molecule has 0 N–H and O–H groups in total. The van der Waals surface area contributed by atoms with Crippen LogP contribution in [0.1, 0.15) is 46.1 Å². The van der Waals surface area contributed by atoms with E-state index in [1.165, 1.54) is 17.8 Å². The Kier molecular flexibility index (Phi) is 4.62. The lowest BCUT2D eigenvalue weighted by atomic mass is 9.91. The van der Waals surface area contributed by atoms with Crippen LogP contribution >= 0.6 is 22.9 Å². The summed E-state index contributed by atoms with van der Waals surface area (Å²) in [5.74, 6) is 0.755. The fourth-order valence-corrected chi connectivity index (χ4v) is 3.23. The zero-order chi connectivity index (χ0) is 13.1. The van der Waals surface area contributed by atoms with Crippen molar-refractivity contribution in [3.63, 3.8) is 0 Å². The van der Waals surface area contributed by atoms with Crippen LogP contribution in [0.2, 0.25) is 0 Å². The number of hydrogen-bond donors (Lipinski definition) is 0. The van der Waals surface area contributed by atoms with Crippen LogP contribution in [0, 0.1) is 13.8 Å². The first-order chi connectivity index (χ1) is 8.63. The molecule has 0 unspecified atom stereocenters. The summed E-state index contributed by atoms with van der Waals surface area (Å²) in [7, 11) is 0. The van der Waals surface area contributed by atoms with Crippen molar-refractivity contribution < 1.29 is 4.79 Å². The van der Waals surface area contributed by atoms with Crippen LogP contribution in [0.15, 0.2) is 0 Å². The van der Waals surface area contributed by atoms with Crippen molar-refractivity contribution in [2.24, 2.45) is 0 Å². The van der Waals surface area contributed by atoms with E-state index in [0.717, 1.165) is 41.4 Å². The smallest absolute Gasteiger partial charge is 0.266 e. The lowest BCUT2D eigenvalue weighted by molar-refractivity contribution is 0.0585. The monoisotopic (exact) mass is 286 g/mol. The van der Waals surface area contributed by atoms with Gasteiger partial charge in [0, 0.05) is 18.5 Å². The number of aromatic nitrogens is 1. The molecule has 0 atom stereocenters. The summed E-state index contributed by atoms with van der Waals surface area (Å²) in [6.07, 6.45) is 4.35. The largest absolute Gasteiger partial charge is 0.335 e. The van der Waals surface area contributed by atoms with Gasteiger partial charge in [0.2, 0.25) is 0 Å². The molecule has 1 amide bonds. The molecule has 100 valence electrons. The molecular weight excluding hydrogens is 268 g/mol. The quantitative estimate of drug-likeness (QED) is 0.778. The molecule has 0 aliphatic heterocycles. The number of carbonyl (C=O) groups excluding carboxylic acids is 1. The normalized spacial score (nSPS) is 15.5. The van der Waals surface area contributed by atoms with E-state index in [1.807, 2.05) is 18.7 Å². The van der Waals surface area contributed by atoms with E-state index >= 15 is 0 Å². The number of halogens is 1. The SMILES string of the molecule is Cc1nc(C)c(C(=O)N(CCCCl)C2CCC2)s1. The summed E-state index contributed by atoms with van der Waals surface area (Å²) in [6, 6.07) is 0.419. The molecule has 0 radical (unpaired) electrons. The number of alkyl halides is 1. The molecule has 1 fully saturated rings. The molecule has 0 aromatic carbocycles. The van der Waals surface area contributed by atoms with Gasteiger partial charge in [0.1, 0.15) is 4.88 Å². The van der Waals surface area contributed by atoms with Gasteiger partial charge in [-0.15, -0.1) is 22.9 Å². The average molecular weight is 287 g/mol. The van der Waals surface area contributed by atoms with Crippen molar-refractivity contribution in [3.05, 3.63) is 15.6 Å². The highest BCUT2D eigenvalue weighted by atomic mass is 35.5. The highest BCUT2D eigenvalue weighted by Crippen LogP contribution is 2.28. The van der Waals surface area contributed by atoms with Crippen molar-refractivity contribution in [1.29, 1.82) is 0 Å². The zero-order valence-corrected chi connectivity index (χ0v) is 12.5. The van der Waals surface area contributed by atoms with Gasteiger partial charge >= 0.3 is 0 Å². The second-order valence-electron chi connectivity index (χ2n) is 4.77. The molecule has 2 rings (SSSR count). The van der Waals surface area contributed by atoms with Crippen LogP contribution in [0.3, 0.4) is 0 Å². The molecule has 3 nitrogen and oxygen atoms in total. The van der Waals surface area contributed by atoms with Gasteiger partial charge in [0.05, 0.1) is 10.7 Å². The Bertz CT molecular complexity index is 429. The molecule has 18 heavy (non-hydrogen) atoms. The zero-order valence-electron chi connectivity index (χ0n) is 10.9. The van der Waals surface area contributed by atoms with E-state index in [-0.39, 0.29) is 5.91 Å². The Morgan fingerprint density at radius 1 is 1.50 bits per heavy atom. The van der Waals surface area contributed by atoms with Crippen molar-refractivity contribution in [3.8, 4) is 0 Å². The van der Waals surface area contributed by atoms with Crippen molar-refractivity contribution in [2.75, 3.05) is 12.4 Å². The minimum Gasteiger partial charge on any atom is -0.335 e. The van der Waals surface area contributed by atoms with Gasteiger partial charge in [-0.3, -0.25) is 4.79 Å². The van der Waals surface area contributed by atoms with Gasteiger partial charge in [-0.2, -0.15) is 0 Å². The summed E-state index contributed by atoms with van der Waals surface area (Å²) >= 11 is 7.25. The summed E-state index contributed by atoms with van der Waals surface area (Å²) in [6.45, 7) is 4.63. The Morgan fingerprint density at radius 2 is 2.22 bits per heavy atom. The molecule has 1 aliphatic rings. The van der Waals surface area contributed by atoms with Crippen LogP contribution < -0.4 is 0 Å². The fraction of sp³-hybridized carbons (Fsp3) is 0.692. The lowest BCUT2D eigenvalue weighted by Crippen LogP contribution is -2.44. The summed E-state index contributed by atoms with van der Waals surface area (Å²) in [4.78, 5) is 19.7. The molecule has 1 aliphatic carbocycles. The average Bonchev–Trinajstić information content (AvgIpc) is 2.60. The molecule has 0 saturated heterocycles. The van der Waals surface area contributed by atoms with Crippen molar-refractivity contribution >= 4 is 28.8 Å². The lowest BCUT2D eigenvalue weighted by Gasteiger charge is -2.37. The third-order valence-corrected chi connectivity index (χ3v) is 4.73. The van der Waals surface area contributed by atoms with Gasteiger partial charge in [-0.1, -0.05) is 0 Å². The molecule has 5 heteroatoms. The van der Waals surface area contributed by atoms with Crippen LogP contribution in [-0.4, -0.2) is 34.3 Å². The standard InChI is InChI=1S/C13H19ClN2OS/c1-9-12(18-10(2)15-9)13(17)16(8-4-7-14)11-5-3-6-11/h11H,3-8H2,1-2H3. The second-order valence-corrected chi connectivity index (χ2v) is 6.35. The number of nitrogens with zero attached hydrogens (tertiary/aromatic N) is 2. The minimum absolute atomic E-state index is 0.146. The summed E-state index contributed by atoms with van der Waals surface area (Å²) in [5, 5.41) is 0.960. The maximum Gasteiger partial charge on any atom is 0.266 e. The van der Waals surface area contributed by atoms with E-state index in [2.05, 4.69) is 4.98 Å². The van der Waals surface area contributed by atoms with E-state index in [9.17, 15) is 4.79 Å². The molecule has 1 saturated carbocycles. The number of aryl methyl sites for hydroxylation is 2. The van der Waals surface area contributed by atoms with Gasteiger partial charge < -0.3 is 4.90 Å².